The summed E-state index contributed by atoms with van der Waals surface area (Å²) >= 11 is 0. The average molecular weight is 1040 g/mol. The molecule has 426 valence electrons. The van der Waals surface area contributed by atoms with Gasteiger partial charge in [-0.1, -0.05) is 264 Å². The third kappa shape index (κ3) is 60.6. The number of unbranched alkanes of at least 4 members (excludes halogenated alkanes) is 24. The summed E-state index contributed by atoms with van der Waals surface area (Å²) in [5, 5.41) is 0. The molecule has 0 aromatic carbocycles. The summed E-state index contributed by atoms with van der Waals surface area (Å²) in [6.07, 6.45) is 86.5. The van der Waals surface area contributed by atoms with Gasteiger partial charge in [0.15, 0.2) is 6.10 Å². The number of allylic oxidation sites excluding steroid dienone is 20. The zero-order valence-corrected chi connectivity index (χ0v) is 48.8. The fourth-order valence-corrected chi connectivity index (χ4v) is 8.31. The van der Waals surface area contributed by atoms with E-state index in [2.05, 4.69) is 142 Å². The molecule has 0 radical (unpaired) electrons. The average Bonchev–Trinajstić information content (AvgIpc) is 3.41. The van der Waals surface area contributed by atoms with Crippen molar-refractivity contribution in [3.8, 4) is 0 Å². The number of esters is 3. The number of hydrogen-bond donors (Lipinski definition) is 0. The standard InChI is InChI=1S/C69H114O6/c1-4-7-10-13-16-18-20-22-24-26-28-30-32-34-36-38-40-42-44-46-48-50-53-56-59-62-68(71)74-65-66(64-73-67(70)61-58-55-52-15-12-9-6-3)75-69(72)63-60-57-54-51-49-47-45-43-41-39-37-35-33-31-29-27-25-23-21-19-17-14-11-8-5-2/h7,10,16,18,21-24,27-30,33-36,40,42,46,48,66H,4-6,8-9,11-15,17,19-20,25-26,31-32,37-39,41,43-45,47,49-65H2,1-3H3/b10-7-,18-16-,23-21-,24-22-,29-27-,30-28-,35-33-,36-34-,42-40-,48-46-. The van der Waals surface area contributed by atoms with Crippen molar-refractivity contribution in [2.24, 2.45) is 0 Å². The molecular weight excluding hydrogens is 925 g/mol. The summed E-state index contributed by atoms with van der Waals surface area (Å²) < 4.78 is 16.8. The number of rotatable bonds is 55. The van der Waals surface area contributed by atoms with Gasteiger partial charge in [-0.15, -0.1) is 0 Å². The molecule has 1 atom stereocenters. The Morgan fingerprint density at radius 3 is 0.827 bits per heavy atom. The molecule has 0 fully saturated rings. The molecule has 0 aliphatic heterocycles. The predicted octanol–water partition coefficient (Wildman–Crippen LogP) is 21.2. The van der Waals surface area contributed by atoms with Crippen molar-refractivity contribution in [1.82, 2.24) is 0 Å². The summed E-state index contributed by atoms with van der Waals surface area (Å²) in [7, 11) is 0. The minimum atomic E-state index is -0.795. The Kier molecular flexibility index (Phi) is 58.9. The molecule has 1 unspecified atom stereocenters. The van der Waals surface area contributed by atoms with Gasteiger partial charge in [0.1, 0.15) is 13.2 Å². The molecule has 0 N–H and O–H groups in total. The smallest absolute Gasteiger partial charge is 0.306 e. The lowest BCUT2D eigenvalue weighted by molar-refractivity contribution is -0.167. The molecule has 0 saturated heterocycles. The summed E-state index contributed by atoms with van der Waals surface area (Å²) in [5.74, 6) is -0.936. The summed E-state index contributed by atoms with van der Waals surface area (Å²) in [4.78, 5) is 38.0. The highest BCUT2D eigenvalue weighted by molar-refractivity contribution is 5.71. The van der Waals surface area contributed by atoms with Gasteiger partial charge in [-0.25, -0.2) is 0 Å². The molecule has 0 aromatic rings. The van der Waals surface area contributed by atoms with Crippen LogP contribution in [-0.2, 0) is 28.6 Å². The van der Waals surface area contributed by atoms with Gasteiger partial charge < -0.3 is 14.2 Å². The van der Waals surface area contributed by atoms with E-state index in [4.69, 9.17) is 14.2 Å². The molecule has 0 heterocycles. The highest BCUT2D eigenvalue weighted by Crippen LogP contribution is 2.15. The highest BCUT2D eigenvalue weighted by Gasteiger charge is 2.19. The summed E-state index contributed by atoms with van der Waals surface area (Å²) in [6.45, 7) is 6.44. The first-order valence-electron chi connectivity index (χ1n) is 31.0. The van der Waals surface area contributed by atoms with Crippen LogP contribution in [0.2, 0.25) is 0 Å². The van der Waals surface area contributed by atoms with Crippen molar-refractivity contribution in [1.29, 1.82) is 0 Å². The third-order valence-corrected chi connectivity index (χ3v) is 13.0. The molecule has 6 nitrogen and oxygen atoms in total. The Bertz CT molecular complexity index is 1570. The normalized spacial score (nSPS) is 12.9. The van der Waals surface area contributed by atoms with Gasteiger partial charge in [0.05, 0.1) is 0 Å². The van der Waals surface area contributed by atoms with Gasteiger partial charge in [-0.05, 0) is 116 Å². The van der Waals surface area contributed by atoms with E-state index in [0.29, 0.717) is 19.3 Å². The number of carbonyl (C=O) groups excluding carboxylic acids is 3. The van der Waals surface area contributed by atoms with E-state index in [0.717, 1.165) is 122 Å². The van der Waals surface area contributed by atoms with Gasteiger partial charge in [-0.2, -0.15) is 0 Å². The second-order valence-electron chi connectivity index (χ2n) is 20.2. The van der Waals surface area contributed by atoms with Crippen LogP contribution in [0.3, 0.4) is 0 Å². The van der Waals surface area contributed by atoms with Crippen LogP contribution < -0.4 is 0 Å². The first-order valence-corrected chi connectivity index (χ1v) is 31.0. The maximum atomic E-state index is 12.9. The van der Waals surface area contributed by atoms with Crippen LogP contribution in [0.1, 0.15) is 278 Å². The lowest BCUT2D eigenvalue weighted by Crippen LogP contribution is -2.30. The second kappa shape index (κ2) is 62.4. The minimum absolute atomic E-state index is 0.0921. The fraction of sp³-hybridized carbons (Fsp3) is 0.667. The summed E-state index contributed by atoms with van der Waals surface area (Å²) in [6, 6.07) is 0. The fourth-order valence-electron chi connectivity index (χ4n) is 8.31. The van der Waals surface area contributed by atoms with Crippen molar-refractivity contribution in [2.45, 2.75) is 284 Å². The van der Waals surface area contributed by atoms with Crippen LogP contribution in [0, 0.1) is 0 Å². The van der Waals surface area contributed by atoms with E-state index >= 15 is 0 Å². The second-order valence-corrected chi connectivity index (χ2v) is 20.2. The maximum Gasteiger partial charge on any atom is 0.306 e. The Balaban J connectivity index is 4.26. The molecule has 0 aliphatic carbocycles. The van der Waals surface area contributed by atoms with Crippen molar-refractivity contribution in [3.63, 3.8) is 0 Å². The van der Waals surface area contributed by atoms with E-state index in [1.54, 1.807) is 0 Å². The van der Waals surface area contributed by atoms with Crippen LogP contribution in [0.15, 0.2) is 122 Å². The maximum absolute atomic E-state index is 12.9. The quantitative estimate of drug-likeness (QED) is 0.0261. The molecule has 0 aliphatic rings. The van der Waals surface area contributed by atoms with Gasteiger partial charge in [-0.3, -0.25) is 14.4 Å². The van der Waals surface area contributed by atoms with E-state index in [-0.39, 0.29) is 31.1 Å². The topological polar surface area (TPSA) is 78.9 Å². The van der Waals surface area contributed by atoms with E-state index < -0.39 is 6.10 Å². The predicted molar refractivity (Wildman–Crippen MR) is 325 cm³/mol. The first-order chi connectivity index (χ1) is 37.0. The number of hydrogen-bond acceptors (Lipinski definition) is 6. The van der Waals surface area contributed by atoms with Crippen LogP contribution in [0.5, 0.6) is 0 Å². The lowest BCUT2D eigenvalue weighted by atomic mass is 10.0. The van der Waals surface area contributed by atoms with Crippen molar-refractivity contribution in [3.05, 3.63) is 122 Å². The van der Waals surface area contributed by atoms with Gasteiger partial charge in [0.25, 0.3) is 0 Å². The number of ether oxygens (including phenoxy) is 3. The molecule has 0 amide bonds. The molecule has 0 spiro atoms. The molecule has 0 rings (SSSR count). The zero-order valence-electron chi connectivity index (χ0n) is 48.8. The lowest BCUT2D eigenvalue weighted by Gasteiger charge is -2.18. The van der Waals surface area contributed by atoms with Crippen molar-refractivity contribution >= 4 is 17.9 Å². The van der Waals surface area contributed by atoms with Crippen LogP contribution >= 0.6 is 0 Å². The Labute approximate surface area is 462 Å². The monoisotopic (exact) mass is 1040 g/mol. The Morgan fingerprint density at radius 2 is 0.520 bits per heavy atom. The molecule has 0 bridgehead atoms. The van der Waals surface area contributed by atoms with E-state index in [9.17, 15) is 14.4 Å². The van der Waals surface area contributed by atoms with Crippen molar-refractivity contribution in [2.75, 3.05) is 13.2 Å². The SMILES string of the molecule is CC/C=C\C/C=C\C/C=C\C/C=C\C/C=C\C/C=C\C/C=C\CCCCCC(=O)OCC(COC(=O)CCCCCCCCC)OC(=O)CCCCCCCCCCCC/C=C\C/C=C\C/C=C\CCCCCCC. The van der Waals surface area contributed by atoms with Gasteiger partial charge in [0.2, 0.25) is 0 Å². The van der Waals surface area contributed by atoms with Crippen LogP contribution in [-0.4, -0.2) is 37.2 Å². The van der Waals surface area contributed by atoms with E-state index in [1.165, 1.54) is 116 Å². The first kappa shape index (κ1) is 70.8. The molecular formula is C69H114O6. The molecule has 75 heavy (non-hydrogen) atoms. The summed E-state index contributed by atoms with van der Waals surface area (Å²) in [5.41, 5.74) is 0. The zero-order chi connectivity index (χ0) is 54.3. The van der Waals surface area contributed by atoms with Gasteiger partial charge >= 0.3 is 17.9 Å². The van der Waals surface area contributed by atoms with E-state index in [1.807, 2.05) is 0 Å². The highest BCUT2D eigenvalue weighted by atomic mass is 16.6. The number of carbonyl (C=O) groups is 3. The minimum Gasteiger partial charge on any atom is -0.462 e. The molecule has 0 aromatic heterocycles. The Morgan fingerprint density at radius 1 is 0.280 bits per heavy atom. The molecule has 6 heteroatoms. The molecule has 0 saturated carbocycles. The van der Waals surface area contributed by atoms with Crippen LogP contribution in [0.4, 0.5) is 0 Å². The Hall–Kier alpha value is -4.19. The largest absolute Gasteiger partial charge is 0.462 e. The van der Waals surface area contributed by atoms with Crippen LogP contribution in [0.25, 0.3) is 0 Å². The van der Waals surface area contributed by atoms with Crippen molar-refractivity contribution < 1.29 is 28.6 Å². The third-order valence-electron chi connectivity index (χ3n) is 13.0. The van der Waals surface area contributed by atoms with Gasteiger partial charge in [0, 0.05) is 19.3 Å².